The van der Waals surface area contributed by atoms with E-state index in [0.717, 1.165) is 24.4 Å². The van der Waals surface area contributed by atoms with Crippen molar-refractivity contribution in [3.05, 3.63) is 41.5 Å². The highest BCUT2D eigenvalue weighted by atomic mass is 16.5. The van der Waals surface area contributed by atoms with Gasteiger partial charge in [-0.25, -0.2) is 0 Å². The molecule has 1 atom stereocenters. The monoisotopic (exact) mass is 316 g/mol. The maximum absolute atomic E-state index is 11.9. The normalized spacial score (nSPS) is 15.2. The minimum atomic E-state index is -0.265. The molecular formula is C16H20N4O3. The minimum Gasteiger partial charge on any atom is -0.394 e. The van der Waals surface area contributed by atoms with Crippen LogP contribution in [0.2, 0.25) is 0 Å². The number of anilines is 1. The standard InChI is InChI=1S/C16H20N4O3/c1-10(9-21)18-15(22)11-4-6-13(7-5-11)17-8-14-19-16(23-20-14)12-2-3-12/h4-7,10,12,17,21H,2-3,8-9H2,1H3,(H,18,22). The van der Waals surface area contributed by atoms with Crippen LogP contribution >= 0.6 is 0 Å². The zero-order valence-electron chi connectivity index (χ0n) is 13.0. The third-order valence-corrected chi connectivity index (χ3v) is 3.66. The summed E-state index contributed by atoms with van der Waals surface area (Å²) in [5, 5.41) is 18.8. The fourth-order valence-electron chi connectivity index (χ4n) is 2.11. The molecule has 1 amide bonds. The highest BCUT2D eigenvalue weighted by Gasteiger charge is 2.29. The van der Waals surface area contributed by atoms with Crippen molar-refractivity contribution in [2.45, 2.75) is 38.3 Å². The van der Waals surface area contributed by atoms with Crippen molar-refractivity contribution in [3.8, 4) is 0 Å². The van der Waals surface area contributed by atoms with E-state index in [9.17, 15) is 4.79 Å². The quantitative estimate of drug-likeness (QED) is 0.718. The van der Waals surface area contributed by atoms with Crippen LogP contribution in [0.25, 0.3) is 0 Å². The number of hydrogen-bond donors (Lipinski definition) is 3. The van der Waals surface area contributed by atoms with Crippen LogP contribution in [0.5, 0.6) is 0 Å². The zero-order chi connectivity index (χ0) is 16.2. The van der Waals surface area contributed by atoms with Crippen LogP contribution in [0, 0.1) is 0 Å². The molecule has 7 nitrogen and oxygen atoms in total. The molecule has 1 aliphatic carbocycles. The predicted octanol–water partition coefficient (Wildman–Crippen LogP) is 1.67. The Kier molecular flexibility index (Phi) is 4.57. The van der Waals surface area contributed by atoms with Crippen molar-refractivity contribution < 1.29 is 14.4 Å². The molecule has 0 bridgehead atoms. The van der Waals surface area contributed by atoms with Crippen LogP contribution in [-0.2, 0) is 6.54 Å². The van der Waals surface area contributed by atoms with Crippen LogP contribution in [0.4, 0.5) is 5.69 Å². The van der Waals surface area contributed by atoms with Crippen molar-refractivity contribution in [3.63, 3.8) is 0 Å². The molecular weight excluding hydrogens is 296 g/mol. The van der Waals surface area contributed by atoms with E-state index in [4.69, 9.17) is 9.63 Å². The van der Waals surface area contributed by atoms with Gasteiger partial charge in [-0.2, -0.15) is 4.98 Å². The molecule has 1 aromatic heterocycles. The Balaban J connectivity index is 1.53. The lowest BCUT2D eigenvalue weighted by Gasteiger charge is -2.11. The lowest BCUT2D eigenvalue weighted by atomic mass is 10.2. The fourth-order valence-corrected chi connectivity index (χ4v) is 2.11. The summed E-state index contributed by atoms with van der Waals surface area (Å²) in [5.74, 6) is 1.61. The molecule has 0 radical (unpaired) electrons. The number of aliphatic hydroxyl groups is 1. The predicted molar refractivity (Wildman–Crippen MR) is 84.1 cm³/mol. The molecule has 1 fully saturated rings. The van der Waals surface area contributed by atoms with E-state index in [-0.39, 0.29) is 18.6 Å². The van der Waals surface area contributed by atoms with Crippen molar-refractivity contribution in [2.24, 2.45) is 0 Å². The third-order valence-electron chi connectivity index (χ3n) is 3.66. The first-order chi connectivity index (χ1) is 11.2. The van der Waals surface area contributed by atoms with E-state index in [1.807, 2.05) is 12.1 Å². The first-order valence-electron chi connectivity index (χ1n) is 7.74. The summed E-state index contributed by atoms with van der Waals surface area (Å²) in [4.78, 5) is 16.2. The summed E-state index contributed by atoms with van der Waals surface area (Å²) in [6, 6.07) is 6.83. The molecule has 1 aromatic carbocycles. The van der Waals surface area contributed by atoms with E-state index >= 15 is 0 Å². The van der Waals surface area contributed by atoms with Gasteiger partial charge >= 0.3 is 0 Å². The Labute approximate surface area is 134 Å². The zero-order valence-corrected chi connectivity index (χ0v) is 13.0. The van der Waals surface area contributed by atoms with E-state index in [1.165, 1.54) is 0 Å². The Bertz CT molecular complexity index is 664. The second-order valence-electron chi connectivity index (χ2n) is 5.81. The number of benzene rings is 1. The average molecular weight is 316 g/mol. The molecule has 0 spiro atoms. The second kappa shape index (κ2) is 6.78. The van der Waals surface area contributed by atoms with E-state index in [2.05, 4.69) is 20.8 Å². The van der Waals surface area contributed by atoms with Gasteiger partial charge in [0.25, 0.3) is 5.91 Å². The Morgan fingerprint density at radius 2 is 2.13 bits per heavy atom. The van der Waals surface area contributed by atoms with Gasteiger partial charge in [0.2, 0.25) is 5.89 Å². The van der Waals surface area contributed by atoms with Gasteiger partial charge in [-0.3, -0.25) is 4.79 Å². The molecule has 122 valence electrons. The van der Waals surface area contributed by atoms with Gasteiger partial charge in [0.05, 0.1) is 13.2 Å². The fraction of sp³-hybridized carbons (Fsp3) is 0.438. The number of rotatable bonds is 7. The average Bonchev–Trinajstić information content (AvgIpc) is 3.32. The van der Waals surface area contributed by atoms with Crippen molar-refractivity contribution in [2.75, 3.05) is 11.9 Å². The number of amides is 1. The number of nitrogens with zero attached hydrogens (tertiary/aromatic N) is 2. The van der Waals surface area contributed by atoms with Crippen molar-refractivity contribution >= 4 is 11.6 Å². The lowest BCUT2D eigenvalue weighted by molar-refractivity contribution is 0.0922. The Hall–Kier alpha value is -2.41. The summed E-state index contributed by atoms with van der Waals surface area (Å²) in [5.41, 5.74) is 1.42. The number of carbonyl (C=O) groups is 1. The molecule has 1 unspecified atom stereocenters. The van der Waals surface area contributed by atoms with Crippen LogP contribution < -0.4 is 10.6 Å². The number of aromatic nitrogens is 2. The van der Waals surface area contributed by atoms with E-state index in [1.54, 1.807) is 19.1 Å². The molecule has 0 saturated heterocycles. The van der Waals surface area contributed by atoms with Gasteiger partial charge in [-0.15, -0.1) is 0 Å². The van der Waals surface area contributed by atoms with Gasteiger partial charge < -0.3 is 20.3 Å². The topological polar surface area (TPSA) is 100 Å². The number of hydrogen-bond acceptors (Lipinski definition) is 6. The SMILES string of the molecule is CC(CO)NC(=O)c1ccc(NCc2noc(C3CC3)n2)cc1. The molecule has 23 heavy (non-hydrogen) atoms. The molecule has 2 aromatic rings. The first kappa shape index (κ1) is 15.5. The molecule has 1 aliphatic rings. The molecule has 7 heteroatoms. The molecule has 3 N–H and O–H groups in total. The minimum absolute atomic E-state index is 0.0844. The second-order valence-corrected chi connectivity index (χ2v) is 5.81. The largest absolute Gasteiger partial charge is 0.394 e. The third kappa shape index (κ3) is 4.07. The molecule has 1 heterocycles. The van der Waals surface area contributed by atoms with Gasteiger partial charge in [-0.05, 0) is 44.0 Å². The van der Waals surface area contributed by atoms with E-state index in [0.29, 0.717) is 23.9 Å². The van der Waals surface area contributed by atoms with Gasteiger partial charge in [0.1, 0.15) is 0 Å². The Morgan fingerprint density at radius 1 is 1.39 bits per heavy atom. The first-order valence-corrected chi connectivity index (χ1v) is 7.74. The summed E-state index contributed by atoms with van der Waals surface area (Å²) >= 11 is 0. The highest BCUT2D eigenvalue weighted by Crippen LogP contribution is 2.38. The lowest BCUT2D eigenvalue weighted by Crippen LogP contribution is -2.34. The molecule has 0 aliphatic heterocycles. The number of nitrogens with one attached hydrogen (secondary N) is 2. The van der Waals surface area contributed by atoms with E-state index < -0.39 is 0 Å². The van der Waals surface area contributed by atoms with Gasteiger partial charge in [0.15, 0.2) is 5.82 Å². The number of aliphatic hydroxyl groups excluding tert-OH is 1. The Morgan fingerprint density at radius 3 is 2.78 bits per heavy atom. The van der Waals surface area contributed by atoms with Gasteiger partial charge in [0, 0.05) is 23.2 Å². The maximum atomic E-state index is 11.9. The summed E-state index contributed by atoms with van der Waals surface area (Å²) in [7, 11) is 0. The van der Waals surface area contributed by atoms with Crippen molar-refractivity contribution in [1.82, 2.24) is 15.5 Å². The summed E-state index contributed by atoms with van der Waals surface area (Å²) < 4.78 is 5.20. The smallest absolute Gasteiger partial charge is 0.251 e. The van der Waals surface area contributed by atoms with Crippen LogP contribution in [0.15, 0.2) is 28.8 Å². The number of carbonyl (C=O) groups excluding carboxylic acids is 1. The summed E-state index contributed by atoms with van der Waals surface area (Å²) in [6.45, 7) is 2.14. The maximum Gasteiger partial charge on any atom is 0.251 e. The van der Waals surface area contributed by atoms with Crippen molar-refractivity contribution in [1.29, 1.82) is 0 Å². The van der Waals surface area contributed by atoms with Gasteiger partial charge in [-0.1, -0.05) is 5.16 Å². The van der Waals surface area contributed by atoms with Crippen LogP contribution in [0.3, 0.4) is 0 Å². The van der Waals surface area contributed by atoms with Crippen LogP contribution in [-0.4, -0.2) is 33.8 Å². The summed E-state index contributed by atoms with van der Waals surface area (Å²) in [6.07, 6.45) is 2.26. The molecule has 1 saturated carbocycles. The highest BCUT2D eigenvalue weighted by molar-refractivity contribution is 5.94. The molecule has 3 rings (SSSR count). The van der Waals surface area contributed by atoms with Crippen LogP contribution in [0.1, 0.15) is 47.8 Å².